The van der Waals surface area contributed by atoms with E-state index in [2.05, 4.69) is 20.3 Å². The number of rotatable bonds is 5. The number of hydrogen-bond donors (Lipinski definition) is 1. The number of halogens is 3. The highest BCUT2D eigenvalue weighted by atomic mass is 32.2. The molecular formula is C22H21F3N4O2S. The highest BCUT2D eigenvalue weighted by molar-refractivity contribution is 7.91. The first-order chi connectivity index (χ1) is 15.2. The summed E-state index contributed by atoms with van der Waals surface area (Å²) in [6, 6.07) is 5.03. The zero-order chi connectivity index (χ0) is 23.0. The lowest BCUT2D eigenvalue weighted by Gasteiger charge is -2.19. The fraction of sp³-hybridized carbons (Fsp3) is 0.318. The van der Waals surface area contributed by atoms with Crippen molar-refractivity contribution in [1.29, 1.82) is 0 Å². The lowest BCUT2D eigenvalue weighted by atomic mass is 10.0. The van der Waals surface area contributed by atoms with Crippen LogP contribution in [0, 0.1) is 12.7 Å². The predicted octanol–water partition coefficient (Wildman–Crippen LogP) is 4.78. The van der Waals surface area contributed by atoms with Gasteiger partial charge in [0.2, 0.25) is 0 Å². The number of aromatic nitrogens is 3. The van der Waals surface area contributed by atoms with Gasteiger partial charge in [-0.2, -0.15) is 0 Å². The molecule has 1 aliphatic heterocycles. The zero-order valence-corrected chi connectivity index (χ0v) is 18.3. The highest BCUT2D eigenvalue weighted by Crippen LogP contribution is 2.32. The van der Waals surface area contributed by atoms with Crippen LogP contribution in [0.25, 0.3) is 16.5 Å². The number of anilines is 1. The SMILES string of the molecule is Cc1nc(C2=CCS(=O)(=O)CC2)cc2c(N[C@H](C)c3cccc(C(F)F)c3F)ncnc12. The summed E-state index contributed by atoms with van der Waals surface area (Å²) in [6.45, 7) is 3.45. The number of alkyl halides is 2. The summed E-state index contributed by atoms with van der Waals surface area (Å²) in [6.07, 6.45) is 0.464. The molecule has 3 heterocycles. The van der Waals surface area contributed by atoms with Gasteiger partial charge in [-0.15, -0.1) is 0 Å². The van der Waals surface area contributed by atoms with Crippen LogP contribution in [0.1, 0.15) is 48.3 Å². The van der Waals surface area contributed by atoms with Crippen LogP contribution in [0.3, 0.4) is 0 Å². The van der Waals surface area contributed by atoms with Gasteiger partial charge in [-0.3, -0.25) is 4.98 Å². The van der Waals surface area contributed by atoms with Gasteiger partial charge in [0.25, 0.3) is 6.43 Å². The van der Waals surface area contributed by atoms with Crippen LogP contribution < -0.4 is 5.32 Å². The van der Waals surface area contributed by atoms with E-state index in [0.29, 0.717) is 34.5 Å². The van der Waals surface area contributed by atoms with Crippen molar-refractivity contribution in [1.82, 2.24) is 15.0 Å². The predicted molar refractivity (Wildman–Crippen MR) is 117 cm³/mol. The van der Waals surface area contributed by atoms with Crippen molar-refractivity contribution in [2.45, 2.75) is 32.7 Å². The van der Waals surface area contributed by atoms with Crippen molar-refractivity contribution >= 4 is 32.1 Å². The van der Waals surface area contributed by atoms with Gasteiger partial charge >= 0.3 is 0 Å². The Hall–Kier alpha value is -3.01. The Morgan fingerprint density at radius 2 is 1.91 bits per heavy atom. The first kappa shape index (κ1) is 22.2. The Balaban J connectivity index is 1.73. The number of hydrogen-bond acceptors (Lipinski definition) is 6. The van der Waals surface area contributed by atoms with Crippen molar-refractivity contribution in [2.24, 2.45) is 0 Å². The number of allylic oxidation sites excluding steroid dienone is 1. The largest absolute Gasteiger partial charge is 0.363 e. The van der Waals surface area contributed by atoms with Crippen LogP contribution in [0.2, 0.25) is 0 Å². The summed E-state index contributed by atoms with van der Waals surface area (Å²) in [4.78, 5) is 13.1. The maximum Gasteiger partial charge on any atom is 0.266 e. The number of sulfone groups is 1. The quantitative estimate of drug-likeness (QED) is 0.587. The van der Waals surface area contributed by atoms with Crippen LogP contribution in [-0.2, 0) is 9.84 Å². The number of nitrogens with zero attached hydrogens (tertiary/aromatic N) is 3. The van der Waals surface area contributed by atoms with E-state index in [9.17, 15) is 21.6 Å². The Morgan fingerprint density at radius 1 is 1.16 bits per heavy atom. The maximum absolute atomic E-state index is 14.6. The van der Waals surface area contributed by atoms with E-state index in [1.54, 1.807) is 26.0 Å². The second-order valence-electron chi connectivity index (χ2n) is 7.72. The number of benzene rings is 1. The van der Waals surface area contributed by atoms with Crippen LogP contribution >= 0.6 is 0 Å². The number of nitrogens with one attached hydrogen (secondary N) is 1. The van der Waals surface area contributed by atoms with Crippen molar-refractivity contribution in [3.63, 3.8) is 0 Å². The molecule has 1 N–H and O–H groups in total. The fourth-order valence-corrected chi connectivity index (χ4v) is 4.92. The standard InChI is InChI=1S/C22H21F3N4O2S/c1-12(15-4-3-5-16(19(15)23)21(24)25)29-22-17-10-18(14-6-8-32(30,31)9-7-14)28-13(2)20(17)26-11-27-22/h3-6,10-12,21H,7-9H2,1-2H3,(H,26,27,29)/t12-/m1/s1. The summed E-state index contributed by atoms with van der Waals surface area (Å²) in [5.41, 5.74) is 2.12. The van der Waals surface area contributed by atoms with Gasteiger partial charge in [0.05, 0.1) is 40.0 Å². The summed E-state index contributed by atoms with van der Waals surface area (Å²) >= 11 is 0. The molecule has 168 valence electrons. The molecule has 0 unspecified atom stereocenters. The third-order valence-electron chi connectivity index (χ3n) is 5.50. The Bertz CT molecular complexity index is 1330. The van der Waals surface area contributed by atoms with E-state index in [0.717, 1.165) is 11.6 Å². The fourth-order valence-electron chi connectivity index (χ4n) is 3.77. The molecule has 1 aromatic carbocycles. The Kier molecular flexibility index (Phi) is 5.89. The minimum Gasteiger partial charge on any atom is -0.363 e. The van der Waals surface area contributed by atoms with Gasteiger partial charge in [-0.25, -0.2) is 31.6 Å². The van der Waals surface area contributed by atoms with Crippen LogP contribution in [0.5, 0.6) is 0 Å². The van der Waals surface area contributed by atoms with Crippen molar-refractivity contribution < 1.29 is 21.6 Å². The third-order valence-corrected chi connectivity index (χ3v) is 7.00. The minimum atomic E-state index is -3.07. The second-order valence-corrected chi connectivity index (χ2v) is 9.95. The van der Waals surface area contributed by atoms with Gasteiger partial charge in [-0.05, 0) is 31.9 Å². The van der Waals surface area contributed by atoms with Crippen LogP contribution in [0.4, 0.5) is 19.0 Å². The molecule has 0 aliphatic carbocycles. The van der Waals surface area contributed by atoms with E-state index in [1.807, 2.05) is 0 Å². The molecule has 0 spiro atoms. The maximum atomic E-state index is 14.6. The first-order valence-electron chi connectivity index (χ1n) is 10.0. The number of fused-ring (bicyclic) bond motifs is 1. The second kappa shape index (κ2) is 8.50. The zero-order valence-electron chi connectivity index (χ0n) is 17.4. The Labute approximate surface area is 183 Å². The molecule has 0 bridgehead atoms. The molecule has 3 aromatic rings. The molecule has 1 atom stereocenters. The molecule has 0 saturated carbocycles. The van der Waals surface area contributed by atoms with Crippen LogP contribution in [0.15, 0.2) is 36.7 Å². The summed E-state index contributed by atoms with van der Waals surface area (Å²) < 4.78 is 64.3. The van der Waals surface area contributed by atoms with E-state index in [1.165, 1.54) is 18.5 Å². The van der Waals surface area contributed by atoms with Crippen molar-refractivity contribution in [2.75, 3.05) is 16.8 Å². The highest BCUT2D eigenvalue weighted by Gasteiger charge is 2.22. The third kappa shape index (κ3) is 4.32. The summed E-state index contributed by atoms with van der Waals surface area (Å²) in [5.74, 6) is -0.521. The molecule has 0 amide bonds. The molecule has 0 saturated heterocycles. The lowest BCUT2D eigenvalue weighted by molar-refractivity contribution is 0.146. The molecule has 0 fully saturated rings. The molecule has 10 heteroatoms. The summed E-state index contributed by atoms with van der Waals surface area (Å²) in [7, 11) is -3.07. The monoisotopic (exact) mass is 462 g/mol. The van der Waals surface area contributed by atoms with E-state index < -0.39 is 33.7 Å². The van der Waals surface area contributed by atoms with E-state index >= 15 is 0 Å². The number of pyridine rings is 1. The van der Waals surface area contributed by atoms with E-state index in [-0.39, 0.29) is 17.1 Å². The van der Waals surface area contributed by atoms with Crippen molar-refractivity contribution in [3.8, 4) is 0 Å². The molecule has 2 aromatic heterocycles. The molecule has 1 aliphatic rings. The number of aryl methyl sites for hydroxylation is 1. The Morgan fingerprint density at radius 3 is 2.59 bits per heavy atom. The van der Waals surface area contributed by atoms with E-state index in [4.69, 9.17) is 0 Å². The molecular weight excluding hydrogens is 441 g/mol. The summed E-state index contributed by atoms with van der Waals surface area (Å²) in [5, 5.41) is 3.73. The average Bonchev–Trinajstić information content (AvgIpc) is 2.74. The minimum absolute atomic E-state index is 0.0334. The lowest BCUT2D eigenvalue weighted by Crippen LogP contribution is -2.15. The molecule has 6 nitrogen and oxygen atoms in total. The van der Waals surface area contributed by atoms with Crippen LogP contribution in [-0.4, -0.2) is 34.9 Å². The smallest absolute Gasteiger partial charge is 0.266 e. The van der Waals surface area contributed by atoms with Gasteiger partial charge in [0.1, 0.15) is 18.0 Å². The average molecular weight is 462 g/mol. The first-order valence-corrected chi connectivity index (χ1v) is 11.8. The molecule has 4 rings (SSSR count). The van der Waals surface area contributed by atoms with Gasteiger partial charge in [-0.1, -0.05) is 24.3 Å². The normalized spacial score (nSPS) is 16.8. The van der Waals surface area contributed by atoms with Gasteiger partial charge in [0, 0.05) is 10.9 Å². The molecule has 32 heavy (non-hydrogen) atoms. The topological polar surface area (TPSA) is 84.8 Å². The van der Waals surface area contributed by atoms with Gasteiger partial charge in [0.15, 0.2) is 9.84 Å². The molecule has 0 radical (unpaired) electrons. The van der Waals surface area contributed by atoms with Gasteiger partial charge < -0.3 is 5.32 Å². The van der Waals surface area contributed by atoms with Crippen molar-refractivity contribution in [3.05, 3.63) is 65.0 Å².